The molecular formula is C11H22N2O4S2. The van der Waals surface area contributed by atoms with E-state index in [2.05, 4.69) is 4.90 Å². The summed E-state index contributed by atoms with van der Waals surface area (Å²) in [5, 5.41) is -0.749. The van der Waals surface area contributed by atoms with Crippen LogP contribution < -0.4 is 0 Å². The van der Waals surface area contributed by atoms with Crippen molar-refractivity contribution in [1.82, 2.24) is 9.21 Å². The Bertz CT molecular complexity index is 509. The maximum Gasteiger partial charge on any atom is 0.217 e. The van der Waals surface area contributed by atoms with E-state index in [1.165, 1.54) is 17.1 Å². The number of likely N-dealkylation sites (tertiary alicyclic amines) is 1. The van der Waals surface area contributed by atoms with Crippen LogP contribution in [0.5, 0.6) is 0 Å². The van der Waals surface area contributed by atoms with Gasteiger partial charge in [-0.3, -0.25) is 0 Å². The summed E-state index contributed by atoms with van der Waals surface area (Å²) in [6.45, 7) is 3.24. The number of hydrogen-bond acceptors (Lipinski definition) is 5. The van der Waals surface area contributed by atoms with E-state index in [9.17, 15) is 16.8 Å². The van der Waals surface area contributed by atoms with Gasteiger partial charge in [0, 0.05) is 20.1 Å². The van der Waals surface area contributed by atoms with Gasteiger partial charge in [-0.2, -0.15) is 0 Å². The Kier molecular flexibility index (Phi) is 4.54. The van der Waals surface area contributed by atoms with E-state index in [1.807, 2.05) is 0 Å². The van der Waals surface area contributed by atoms with Crippen LogP contribution in [0.4, 0.5) is 0 Å². The molecule has 1 atom stereocenters. The number of nitrogens with zero attached hydrogens (tertiary/aromatic N) is 2. The highest BCUT2D eigenvalue weighted by molar-refractivity contribution is 7.95. The first-order chi connectivity index (χ1) is 8.81. The summed E-state index contributed by atoms with van der Waals surface area (Å²) in [6, 6.07) is 0. The van der Waals surface area contributed by atoms with Crippen molar-refractivity contribution in [3.05, 3.63) is 0 Å². The fraction of sp³-hybridized carbons (Fsp3) is 1.00. The fourth-order valence-corrected chi connectivity index (χ4v) is 6.93. The molecule has 0 spiro atoms. The Morgan fingerprint density at radius 3 is 2.42 bits per heavy atom. The Balaban J connectivity index is 1.91. The normalized spacial score (nSPS) is 28.2. The summed E-state index contributed by atoms with van der Waals surface area (Å²) in [5.41, 5.74) is 0. The highest BCUT2D eigenvalue weighted by Gasteiger charge is 2.39. The summed E-state index contributed by atoms with van der Waals surface area (Å²) in [6.07, 6.45) is 2.59. The van der Waals surface area contributed by atoms with Crippen molar-refractivity contribution < 1.29 is 16.8 Å². The molecule has 8 heteroatoms. The third-order valence-corrected chi connectivity index (χ3v) is 8.25. The van der Waals surface area contributed by atoms with Gasteiger partial charge in [-0.05, 0) is 32.4 Å². The summed E-state index contributed by atoms with van der Waals surface area (Å²) in [5.74, 6) is -0.222. The molecule has 2 rings (SSSR count). The first kappa shape index (κ1) is 15.2. The summed E-state index contributed by atoms with van der Waals surface area (Å²) in [4.78, 5) is 2.25. The minimum atomic E-state index is -3.47. The van der Waals surface area contributed by atoms with Gasteiger partial charge < -0.3 is 4.90 Å². The van der Waals surface area contributed by atoms with Crippen LogP contribution in [0.2, 0.25) is 0 Å². The molecule has 2 fully saturated rings. The third kappa shape index (κ3) is 3.68. The van der Waals surface area contributed by atoms with Crippen LogP contribution in [0.1, 0.15) is 19.3 Å². The van der Waals surface area contributed by atoms with Crippen molar-refractivity contribution in [2.24, 2.45) is 0 Å². The van der Waals surface area contributed by atoms with Gasteiger partial charge in [0.15, 0.2) is 9.84 Å². The highest BCUT2D eigenvalue weighted by Crippen LogP contribution is 2.21. The Morgan fingerprint density at radius 2 is 1.89 bits per heavy atom. The van der Waals surface area contributed by atoms with Crippen molar-refractivity contribution >= 4 is 19.9 Å². The molecule has 2 aliphatic rings. The van der Waals surface area contributed by atoms with Crippen LogP contribution in [-0.2, 0) is 19.9 Å². The molecule has 112 valence electrons. The van der Waals surface area contributed by atoms with Gasteiger partial charge in [0.25, 0.3) is 0 Å². The van der Waals surface area contributed by atoms with E-state index in [4.69, 9.17) is 0 Å². The van der Waals surface area contributed by atoms with E-state index >= 15 is 0 Å². The second kappa shape index (κ2) is 5.67. The van der Waals surface area contributed by atoms with Crippen LogP contribution in [-0.4, -0.2) is 76.0 Å². The number of sulfone groups is 1. The molecule has 0 saturated carbocycles. The minimum absolute atomic E-state index is 0.00311. The lowest BCUT2D eigenvalue weighted by molar-refractivity contribution is 0.309. The number of rotatable bonds is 5. The van der Waals surface area contributed by atoms with Crippen LogP contribution >= 0.6 is 0 Å². The number of hydrogen-bond donors (Lipinski definition) is 0. The molecule has 0 aromatic carbocycles. The zero-order valence-corrected chi connectivity index (χ0v) is 12.9. The molecule has 0 radical (unpaired) electrons. The smallest absolute Gasteiger partial charge is 0.217 e. The second-order valence-corrected chi connectivity index (χ2v) is 9.99. The molecule has 0 bridgehead atoms. The van der Waals surface area contributed by atoms with E-state index in [1.54, 1.807) is 7.05 Å². The van der Waals surface area contributed by atoms with Crippen LogP contribution in [0, 0.1) is 0 Å². The average molecular weight is 310 g/mol. The maximum atomic E-state index is 12.3. The van der Waals surface area contributed by atoms with E-state index in [-0.39, 0.29) is 17.9 Å². The van der Waals surface area contributed by atoms with Gasteiger partial charge in [0.2, 0.25) is 10.0 Å². The molecule has 2 saturated heterocycles. The van der Waals surface area contributed by atoms with Crippen molar-refractivity contribution in [2.75, 3.05) is 44.7 Å². The lowest BCUT2D eigenvalue weighted by Crippen LogP contribution is -2.40. The van der Waals surface area contributed by atoms with Crippen molar-refractivity contribution in [2.45, 2.75) is 24.5 Å². The van der Waals surface area contributed by atoms with E-state index in [0.29, 0.717) is 6.54 Å². The highest BCUT2D eigenvalue weighted by atomic mass is 32.2. The fourth-order valence-electron chi connectivity index (χ4n) is 2.67. The second-order valence-electron chi connectivity index (χ2n) is 5.44. The standard InChI is InChI=1S/C11H22N2O4S2/c1-12(7-8-13-5-2-3-6-13)19(16,17)11-4-9-18(14,15)10-11/h11H,2-10H2,1H3/t11-/m0/s1. The molecule has 0 N–H and O–H groups in total. The first-order valence-corrected chi connectivity index (χ1v) is 10.0. The third-order valence-electron chi connectivity index (χ3n) is 3.98. The quantitative estimate of drug-likeness (QED) is 0.686. The van der Waals surface area contributed by atoms with Gasteiger partial charge in [0.1, 0.15) is 0 Å². The zero-order valence-electron chi connectivity index (χ0n) is 11.3. The van der Waals surface area contributed by atoms with E-state index in [0.717, 1.165) is 19.6 Å². The van der Waals surface area contributed by atoms with Crippen molar-refractivity contribution in [3.8, 4) is 0 Å². The summed E-state index contributed by atoms with van der Waals surface area (Å²) < 4.78 is 48.6. The van der Waals surface area contributed by atoms with Gasteiger partial charge in [-0.15, -0.1) is 0 Å². The first-order valence-electron chi connectivity index (χ1n) is 6.69. The molecule has 2 aliphatic heterocycles. The monoisotopic (exact) mass is 310 g/mol. The largest absolute Gasteiger partial charge is 0.302 e. The van der Waals surface area contributed by atoms with Gasteiger partial charge in [0.05, 0.1) is 16.8 Å². The van der Waals surface area contributed by atoms with Gasteiger partial charge >= 0.3 is 0 Å². The lowest BCUT2D eigenvalue weighted by atomic mass is 10.4. The predicted molar refractivity (Wildman–Crippen MR) is 74.3 cm³/mol. The molecule has 19 heavy (non-hydrogen) atoms. The van der Waals surface area contributed by atoms with Crippen LogP contribution in [0.15, 0.2) is 0 Å². The van der Waals surface area contributed by atoms with Crippen LogP contribution in [0.3, 0.4) is 0 Å². The summed E-state index contributed by atoms with van der Waals surface area (Å²) >= 11 is 0. The molecule has 0 amide bonds. The lowest BCUT2D eigenvalue weighted by Gasteiger charge is -2.23. The molecule has 0 aromatic heterocycles. The Hall–Kier alpha value is -0.180. The SMILES string of the molecule is CN(CCN1CCCC1)S(=O)(=O)[C@H]1CCS(=O)(=O)C1. The van der Waals surface area contributed by atoms with Gasteiger partial charge in [-0.1, -0.05) is 0 Å². The van der Waals surface area contributed by atoms with E-state index < -0.39 is 25.1 Å². The molecule has 0 aliphatic carbocycles. The van der Waals surface area contributed by atoms with Gasteiger partial charge in [-0.25, -0.2) is 21.1 Å². The van der Waals surface area contributed by atoms with Crippen molar-refractivity contribution in [3.63, 3.8) is 0 Å². The number of likely N-dealkylation sites (N-methyl/N-ethyl adjacent to an activating group) is 1. The predicted octanol–water partition coefficient (Wildman–Crippen LogP) is -0.469. The molecule has 6 nitrogen and oxygen atoms in total. The summed E-state index contributed by atoms with van der Waals surface area (Å²) in [7, 11) is -5.08. The number of sulfonamides is 1. The zero-order chi connectivity index (χ0) is 14.1. The van der Waals surface area contributed by atoms with Crippen molar-refractivity contribution in [1.29, 1.82) is 0 Å². The average Bonchev–Trinajstić information content (AvgIpc) is 2.95. The Labute approximate surface area is 115 Å². The maximum absolute atomic E-state index is 12.3. The molecular weight excluding hydrogens is 288 g/mol. The molecule has 0 unspecified atom stereocenters. The molecule has 2 heterocycles. The minimum Gasteiger partial charge on any atom is -0.302 e. The van der Waals surface area contributed by atoms with Crippen LogP contribution in [0.25, 0.3) is 0 Å². The Morgan fingerprint density at radius 1 is 1.26 bits per heavy atom. The topological polar surface area (TPSA) is 74.8 Å². The molecule has 0 aromatic rings.